The van der Waals surface area contributed by atoms with Gasteiger partial charge in [0.1, 0.15) is 11.5 Å². The van der Waals surface area contributed by atoms with Crippen LogP contribution in [-0.2, 0) is 12.0 Å². The molecular weight excluding hydrogens is 356 g/mol. The summed E-state index contributed by atoms with van der Waals surface area (Å²) in [6.07, 6.45) is 2.02. The van der Waals surface area contributed by atoms with Crippen LogP contribution in [0.2, 0.25) is 0 Å². The highest BCUT2D eigenvalue weighted by atomic mass is 15.2. The molecule has 1 aliphatic rings. The van der Waals surface area contributed by atoms with Crippen LogP contribution in [0.1, 0.15) is 36.4 Å². The minimum Gasteiger partial charge on any atom is -0.325 e. The van der Waals surface area contributed by atoms with E-state index in [4.69, 9.17) is 9.97 Å². The van der Waals surface area contributed by atoms with Crippen molar-refractivity contribution >= 4 is 27.6 Å². The summed E-state index contributed by atoms with van der Waals surface area (Å²) in [7, 11) is 0. The molecule has 3 aromatic heterocycles. The quantitative estimate of drug-likeness (QED) is 0.373. The van der Waals surface area contributed by atoms with Gasteiger partial charge in [0.15, 0.2) is 5.65 Å². The van der Waals surface area contributed by atoms with E-state index in [9.17, 15) is 0 Å². The first kappa shape index (κ1) is 16.8. The second kappa shape index (κ2) is 5.26. The highest BCUT2D eigenvalue weighted by Gasteiger charge is 2.33. The minimum atomic E-state index is 0.0608. The lowest BCUT2D eigenvalue weighted by Gasteiger charge is -2.32. The van der Waals surface area contributed by atoms with Gasteiger partial charge in [0.2, 0.25) is 0 Å². The predicted molar refractivity (Wildman–Crippen MR) is 119 cm³/mol. The smallest absolute Gasteiger partial charge is 0.165 e. The molecule has 0 aliphatic carbocycles. The first-order valence-corrected chi connectivity index (χ1v) is 10.2. The molecule has 6 rings (SSSR count). The van der Waals surface area contributed by atoms with Crippen molar-refractivity contribution in [3.8, 4) is 11.3 Å². The molecule has 5 aromatic rings. The SMILES string of the molecule is Cc1cccc(C)c1-c1cnc2c3cccc4c3c3c(nc(C)n3CC4(C)C)n12. The number of nitrogens with zero attached hydrogens (tertiary/aromatic N) is 4. The molecule has 29 heavy (non-hydrogen) atoms. The van der Waals surface area contributed by atoms with Gasteiger partial charge in [-0.25, -0.2) is 9.97 Å². The van der Waals surface area contributed by atoms with Crippen molar-refractivity contribution in [3.63, 3.8) is 0 Å². The Balaban J connectivity index is 1.90. The van der Waals surface area contributed by atoms with Crippen molar-refractivity contribution in [1.29, 1.82) is 0 Å². The van der Waals surface area contributed by atoms with Crippen molar-refractivity contribution in [2.45, 2.75) is 46.6 Å². The molecule has 0 atom stereocenters. The Morgan fingerprint density at radius 1 is 0.931 bits per heavy atom. The molecule has 2 aromatic carbocycles. The molecule has 0 spiro atoms. The Bertz CT molecular complexity index is 1460. The fraction of sp³-hybridized carbons (Fsp3) is 0.280. The Hall–Kier alpha value is -3.14. The van der Waals surface area contributed by atoms with Gasteiger partial charge in [0.05, 0.1) is 17.4 Å². The number of pyridine rings is 1. The average Bonchev–Trinajstić information content (AvgIpc) is 3.23. The molecule has 144 valence electrons. The fourth-order valence-corrected chi connectivity index (χ4v) is 5.33. The Kier molecular flexibility index (Phi) is 3.05. The Morgan fingerprint density at radius 3 is 2.41 bits per heavy atom. The topological polar surface area (TPSA) is 35.1 Å². The van der Waals surface area contributed by atoms with Gasteiger partial charge in [-0.1, -0.05) is 50.2 Å². The van der Waals surface area contributed by atoms with Gasteiger partial charge in [-0.3, -0.25) is 4.40 Å². The van der Waals surface area contributed by atoms with Crippen LogP contribution in [0.3, 0.4) is 0 Å². The molecule has 4 heteroatoms. The van der Waals surface area contributed by atoms with Gasteiger partial charge in [0.25, 0.3) is 0 Å². The van der Waals surface area contributed by atoms with Crippen LogP contribution >= 0.6 is 0 Å². The monoisotopic (exact) mass is 380 g/mol. The number of rotatable bonds is 1. The maximum Gasteiger partial charge on any atom is 0.165 e. The largest absolute Gasteiger partial charge is 0.325 e. The molecule has 0 unspecified atom stereocenters. The summed E-state index contributed by atoms with van der Waals surface area (Å²) >= 11 is 0. The number of aryl methyl sites for hydroxylation is 3. The lowest BCUT2D eigenvalue weighted by Crippen LogP contribution is -2.28. The maximum absolute atomic E-state index is 5.06. The molecule has 0 amide bonds. The van der Waals surface area contributed by atoms with Crippen molar-refractivity contribution < 1.29 is 0 Å². The fourth-order valence-electron chi connectivity index (χ4n) is 5.33. The van der Waals surface area contributed by atoms with E-state index < -0.39 is 0 Å². The van der Waals surface area contributed by atoms with Crippen molar-refractivity contribution in [3.05, 3.63) is 65.1 Å². The molecule has 0 N–H and O–H groups in total. The highest BCUT2D eigenvalue weighted by Crippen LogP contribution is 2.43. The van der Waals surface area contributed by atoms with Crippen molar-refractivity contribution in [1.82, 2.24) is 18.9 Å². The van der Waals surface area contributed by atoms with Gasteiger partial charge in [-0.15, -0.1) is 0 Å². The van der Waals surface area contributed by atoms with E-state index in [0.717, 1.165) is 29.4 Å². The number of aromatic nitrogens is 4. The third-order valence-electron chi connectivity index (χ3n) is 6.68. The highest BCUT2D eigenvalue weighted by molar-refractivity contribution is 6.12. The summed E-state index contributed by atoms with van der Waals surface area (Å²) in [5.41, 5.74) is 9.61. The standard InChI is InChI=1S/C25H24N4/c1-14-8-6-9-15(2)20(14)19-12-26-23-17-10-7-11-18-21(17)22-24(29(19)23)27-16(3)28(22)13-25(18,4)5/h6-12H,13H2,1-5H3. The van der Waals surface area contributed by atoms with Crippen LogP contribution in [-0.4, -0.2) is 18.9 Å². The van der Waals surface area contributed by atoms with E-state index in [1.807, 2.05) is 6.20 Å². The Labute approximate surface area is 169 Å². The third kappa shape index (κ3) is 1.99. The minimum absolute atomic E-state index is 0.0608. The van der Waals surface area contributed by atoms with Gasteiger partial charge < -0.3 is 4.57 Å². The molecule has 0 fully saturated rings. The zero-order chi connectivity index (χ0) is 20.1. The zero-order valence-electron chi connectivity index (χ0n) is 17.5. The van der Waals surface area contributed by atoms with Crippen LogP contribution < -0.4 is 0 Å². The maximum atomic E-state index is 5.06. The van der Waals surface area contributed by atoms with Crippen LogP contribution in [0.5, 0.6) is 0 Å². The van der Waals surface area contributed by atoms with Crippen LogP contribution in [0.15, 0.2) is 42.6 Å². The van der Waals surface area contributed by atoms with E-state index >= 15 is 0 Å². The molecule has 0 radical (unpaired) electrons. The van der Waals surface area contributed by atoms with E-state index in [2.05, 4.69) is 80.0 Å². The Morgan fingerprint density at radius 2 is 1.66 bits per heavy atom. The van der Waals surface area contributed by atoms with Crippen LogP contribution in [0.4, 0.5) is 0 Å². The van der Waals surface area contributed by atoms with Crippen molar-refractivity contribution in [2.24, 2.45) is 0 Å². The summed E-state index contributed by atoms with van der Waals surface area (Å²) in [5, 5.41) is 2.52. The molecule has 0 saturated heterocycles. The summed E-state index contributed by atoms with van der Waals surface area (Å²) in [6, 6.07) is 13.1. The molecule has 0 saturated carbocycles. The second-order valence-corrected chi connectivity index (χ2v) is 9.10. The number of fused-ring (bicyclic) bond motifs is 3. The van der Waals surface area contributed by atoms with Gasteiger partial charge in [-0.2, -0.15) is 0 Å². The first-order valence-electron chi connectivity index (χ1n) is 10.2. The summed E-state index contributed by atoms with van der Waals surface area (Å²) in [5.74, 6) is 1.07. The number of hydrogen-bond donors (Lipinski definition) is 0. The molecule has 4 heterocycles. The zero-order valence-corrected chi connectivity index (χ0v) is 17.5. The van der Waals surface area contributed by atoms with E-state index in [0.29, 0.717) is 0 Å². The molecule has 1 aliphatic heterocycles. The van der Waals surface area contributed by atoms with E-state index in [1.165, 1.54) is 38.5 Å². The lowest BCUT2D eigenvalue weighted by atomic mass is 9.79. The summed E-state index contributed by atoms with van der Waals surface area (Å²) in [4.78, 5) is 9.99. The molecule has 4 nitrogen and oxygen atoms in total. The van der Waals surface area contributed by atoms with Gasteiger partial charge in [0, 0.05) is 28.3 Å². The molecule has 0 bridgehead atoms. The van der Waals surface area contributed by atoms with Gasteiger partial charge >= 0.3 is 0 Å². The number of benzene rings is 2. The summed E-state index contributed by atoms with van der Waals surface area (Å²) < 4.78 is 4.68. The van der Waals surface area contributed by atoms with Crippen LogP contribution in [0, 0.1) is 20.8 Å². The lowest BCUT2D eigenvalue weighted by molar-refractivity contribution is 0.433. The molecular formula is C25H24N4. The third-order valence-corrected chi connectivity index (χ3v) is 6.68. The summed E-state index contributed by atoms with van der Waals surface area (Å²) in [6.45, 7) is 12.1. The van der Waals surface area contributed by atoms with Gasteiger partial charge in [-0.05, 0) is 37.5 Å². The predicted octanol–water partition coefficient (Wildman–Crippen LogP) is 5.72. The number of hydrogen-bond acceptors (Lipinski definition) is 2. The van der Waals surface area contributed by atoms with E-state index in [-0.39, 0.29) is 5.41 Å². The first-order chi connectivity index (χ1) is 13.9. The van der Waals surface area contributed by atoms with Crippen molar-refractivity contribution in [2.75, 3.05) is 0 Å². The second-order valence-electron chi connectivity index (χ2n) is 9.10. The normalized spacial score (nSPS) is 15.2. The number of imidazole rings is 2. The van der Waals surface area contributed by atoms with Crippen LogP contribution in [0.25, 0.3) is 38.8 Å². The van der Waals surface area contributed by atoms with E-state index in [1.54, 1.807) is 0 Å². The average molecular weight is 380 g/mol.